The van der Waals surface area contributed by atoms with Crippen molar-refractivity contribution in [3.63, 3.8) is 0 Å². The van der Waals surface area contributed by atoms with Crippen LogP contribution in [0.5, 0.6) is 5.75 Å². The molecule has 0 radical (unpaired) electrons. The van der Waals surface area contributed by atoms with Gasteiger partial charge in [0.05, 0.1) is 12.8 Å². The lowest BCUT2D eigenvalue weighted by atomic mass is 10.2. The molecule has 3 aromatic heterocycles. The summed E-state index contributed by atoms with van der Waals surface area (Å²) in [5.41, 5.74) is 1.80. The number of benzene rings is 1. The number of thioether (sulfide) groups is 1. The number of halogens is 3. The summed E-state index contributed by atoms with van der Waals surface area (Å²) in [5.74, 6) is -0.0980. The summed E-state index contributed by atoms with van der Waals surface area (Å²) >= 11 is 1.60. The average Bonchev–Trinajstić information content (AvgIpc) is 3.32. The summed E-state index contributed by atoms with van der Waals surface area (Å²) in [5, 5.41) is 3.40. The van der Waals surface area contributed by atoms with Crippen molar-refractivity contribution in [2.24, 2.45) is 0 Å². The first-order valence-electron chi connectivity index (χ1n) is 8.08. The SMILES string of the molecule is COc1cccc(SCc2cn3ccc(-c4noc(C(F)(F)F)n4)cc3n2)c1. The fourth-order valence-electron chi connectivity index (χ4n) is 2.55. The first-order chi connectivity index (χ1) is 13.4. The Hall–Kier alpha value is -3.01. The second-order valence-electron chi connectivity index (χ2n) is 5.80. The van der Waals surface area contributed by atoms with Crippen LogP contribution in [-0.4, -0.2) is 26.6 Å². The van der Waals surface area contributed by atoms with Crippen LogP contribution in [0.15, 0.2) is 58.2 Å². The number of pyridine rings is 1. The highest BCUT2D eigenvalue weighted by Gasteiger charge is 2.38. The summed E-state index contributed by atoms with van der Waals surface area (Å²) in [6, 6.07) is 10.9. The van der Waals surface area contributed by atoms with E-state index in [4.69, 9.17) is 4.74 Å². The maximum absolute atomic E-state index is 12.6. The number of methoxy groups -OCH3 is 1. The van der Waals surface area contributed by atoms with Gasteiger partial charge in [0.15, 0.2) is 0 Å². The smallest absolute Gasteiger partial charge is 0.471 e. The summed E-state index contributed by atoms with van der Waals surface area (Å²) in [4.78, 5) is 8.96. The molecule has 4 rings (SSSR count). The van der Waals surface area contributed by atoms with Crippen LogP contribution in [0.2, 0.25) is 0 Å². The van der Waals surface area contributed by atoms with Crippen molar-refractivity contribution >= 4 is 17.4 Å². The van der Waals surface area contributed by atoms with Gasteiger partial charge >= 0.3 is 12.1 Å². The van der Waals surface area contributed by atoms with Gasteiger partial charge in [0, 0.05) is 28.6 Å². The van der Waals surface area contributed by atoms with Crippen LogP contribution in [0.4, 0.5) is 13.2 Å². The Morgan fingerprint density at radius 3 is 2.79 bits per heavy atom. The zero-order chi connectivity index (χ0) is 19.7. The lowest BCUT2D eigenvalue weighted by Crippen LogP contribution is -2.04. The lowest BCUT2D eigenvalue weighted by molar-refractivity contribution is -0.159. The van der Waals surface area contributed by atoms with Crippen LogP contribution in [0.3, 0.4) is 0 Å². The van der Waals surface area contributed by atoms with Crippen LogP contribution in [0.1, 0.15) is 11.6 Å². The number of aromatic nitrogens is 4. The Bertz CT molecular complexity index is 1120. The molecular formula is C18H13F3N4O2S. The van der Waals surface area contributed by atoms with E-state index in [0.29, 0.717) is 17.0 Å². The van der Waals surface area contributed by atoms with Crippen molar-refractivity contribution in [1.82, 2.24) is 19.5 Å². The van der Waals surface area contributed by atoms with Crippen molar-refractivity contribution in [3.8, 4) is 17.1 Å². The standard InChI is InChI=1S/C18H13F3N4O2S/c1-26-13-3-2-4-14(8-13)28-10-12-9-25-6-5-11(7-15(25)22-12)16-23-17(27-24-16)18(19,20)21/h2-9H,10H2,1H3. The third-order valence-corrected chi connectivity index (χ3v) is 4.89. The predicted octanol–water partition coefficient (Wildman–Crippen LogP) is 4.70. The third-order valence-electron chi connectivity index (χ3n) is 3.86. The van der Waals surface area contributed by atoms with Crippen LogP contribution in [-0.2, 0) is 11.9 Å². The van der Waals surface area contributed by atoms with Crippen molar-refractivity contribution in [2.75, 3.05) is 7.11 Å². The van der Waals surface area contributed by atoms with Gasteiger partial charge in [0.2, 0.25) is 5.82 Å². The molecule has 0 bridgehead atoms. The first-order valence-corrected chi connectivity index (χ1v) is 9.07. The van der Waals surface area contributed by atoms with E-state index in [-0.39, 0.29) is 5.82 Å². The van der Waals surface area contributed by atoms with Gasteiger partial charge in [0.25, 0.3) is 0 Å². The van der Waals surface area contributed by atoms with Crippen molar-refractivity contribution in [2.45, 2.75) is 16.8 Å². The van der Waals surface area contributed by atoms with Crippen LogP contribution in [0.25, 0.3) is 17.0 Å². The number of nitrogens with zero attached hydrogens (tertiary/aromatic N) is 4. The molecule has 0 aliphatic heterocycles. The largest absolute Gasteiger partial charge is 0.497 e. The minimum absolute atomic E-state index is 0.134. The van der Waals surface area contributed by atoms with Crippen molar-refractivity contribution in [3.05, 3.63) is 60.4 Å². The average molecular weight is 406 g/mol. The minimum atomic E-state index is -4.67. The van der Waals surface area contributed by atoms with E-state index in [9.17, 15) is 13.2 Å². The number of fused-ring (bicyclic) bond motifs is 1. The molecule has 4 aromatic rings. The number of ether oxygens (including phenoxy) is 1. The van der Waals surface area contributed by atoms with Crippen molar-refractivity contribution in [1.29, 1.82) is 0 Å². The molecule has 0 amide bonds. The molecular weight excluding hydrogens is 393 g/mol. The monoisotopic (exact) mass is 406 g/mol. The van der Waals surface area contributed by atoms with Gasteiger partial charge in [-0.1, -0.05) is 11.2 Å². The number of hydrogen-bond donors (Lipinski definition) is 0. The molecule has 10 heteroatoms. The first kappa shape index (κ1) is 18.4. The van der Waals surface area contributed by atoms with Gasteiger partial charge in [-0.25, -0.2) is 4.98 Å². The van der Waals surface area contributed by atoms with Gasteiger partial charge < -0.3 is 13.7 Å². The summed E-state index contributed by atoms with van der Waals surface area (Å²) < 4.78 is 49.1. The van der Waals surface area contributed by atoms with E-state index in [0.717, 1.165) is 16.3 Å². The predicted molar refractivity (Wildman–Crippen MR) is 96.0 cm³/mol. The molecule has 0 saturated carbocycles. The molecule has 1 aromatic carbocycles. The van der Waals surface area contributed by atoms with Crippen LogP contribution >= 0.6 is 11.8 Å². The molecule has 28 heavy (non-hydrogen) atoms. The minimum Gasteiger partial charge on any atom is -0.497 e. The Morgan fingerprint density at radius 1 is 1.18 bits per heavy atom. The Kier molecular flexibility index (Phi) is 4.71. The zero-order valence-corrected chi connectivity index (χ0v) is 15.3. The van der Waals surface area contributed by atoms with Gasteiger partial charge in [-0.05, 0) is 30.3 Å². The fraction of sp³-hybridized carbons (Fsp3) is 0.167. The second-order valence-corrected chi connectivity index (χ2v) is 6.85. The van der Waals surface area contributed by atoms with E-state index in [1.807, 2.05) is 30.5 Å². The Labute approximate surface area is 161 Å². The summed E-state index contributed by atoms with van der Waals surface area (Å²) in [7, 11) is 1.62. The molecule has 0 spiro atoms. The molecule has 0 unspecified atom stereocenters. The van der Waals surface area contributed by atoms with Crippen LogP contribution in [0, 0.1) is 0 Å². The maximum Gasteiger partial charge on any atom is 0.471 e. The van der Waals surface area contributed by atoms with Crippen LogP contribution < -0.4 is 4.74 Å². The topological polar surface area (TPSA) is 65.5 Å². The van der Waals surface area contributed by atoms with E-state index in [1.54, 1.807) is 41.6 Å². The number of hydrogen-bond acceptors (Lipinski definition) is 6. The normalized spacial score (nSPS) is 11.9. The van der Waals surface area contributed by atoms with E-state index in [2.05, 4.69) is 19.6 Å². The van der Waals surface area contributed by atoms with Gasteiger partial charge in [0.1, 0.15) is 11.4 Å². The lowest BCUT2D eigenvalue weighted by Gasteiger charge is -2.02. The molecule has 0 atom stereocenters. The van der Waals surface area contributed by atoms with Crippen molar-refractivity contribution < 1.29 is 22.4 Å². The van der Waals surface area contributed by atoms with E-state index >= 15 is 0 Å². The van der Waals surface area contributed by atoms with E-state index < -0.39 is 12.1 Å². The number of alkyl halides is 3. The molecule has 0 N–H and O–H groups in total. The molecule has 0 aliphatic carbocycles. The van der Waals surface area contributed by atoms with Gasteiger partial charge in [-0.3, -0.25) is 0 Å². The van der Waals surface area contributed by atoms with E-state index in [1.165, 1.54) is 0 Å². The fourth-order valence-corrected chi connectivity index (χ4v) is 3.38. The molecule has 6 nitrogen and oxygen atoms in total. The summed E-state index contributed by atoms with van der Waals surface area (Å²) in [6.45, 7) is 0. The third kappa shape index (κ3) is 3.81. The molecule has 0 saturated heterocycles. The molecule has 0 fully saturated rings. The highest BCUT2D eigenvalue weighted by atomic mass is 32.2. The Balaban J connectivity index is 1.54. The highest BCUT2D eigenvalue weighted by Crippen LogP contribution is 2.30. The number of rotatable bonds is 5. The maximum atomic E-state index is 12.6. The highest BCUT2D eigenvalue weighted by molar-refractivity contribution is 7.98. The zero-order valence-electron chi connectivity index (χ0n) is 14.5. The quantitative estimate of drug-likeness (QED) is 0.448. The number of imidazole rings is 1. The summed E-state index contributed by atoms with van der Waals surface area (Å²) in [6.07, 6.45) is -1.11. The molecule has 0 aliphatic rings. The molecule has 3 heterocycles. The van der Waals surface area contributed by atoms with Gasteiger partial charge in [-0.2, -0.15) is 18.2 Å². The second kappa shape index (κ2) is 7.19. The molecule has 144 valence electrons. The van der Waals surface area contributed by atoms with Gasteiger partial charge in [-0.15, -0.1) is 11.8 Å². The Morgan fingerprint density at radius 2 is 2.04 bits per heavy atom.